The van der Waals surface area contributed by atoms with Gasteiger partial charge in [-0.15, -0.1) is 0 Å². The number of anilines is 1. The van der Waals surface area contributed by atoms with Crippen molar-refractivity contribution in [1.82, 2.24) is 19.9 Å². The van der Waals surface area contributed by atoms with Crippen LogP contribution in [0.15, 0.2) is 23.4 Å². The monoisotopic (exact) mass is 247 g/mol. The van der Waals surface area contributed by atoms with Gasteiger partial charge in [0.15, 0.2) is 5.82 Å². The Kier molecular flexibility index (Phi) is 3.00. The molecule has 2 rings (SSSR count). The molecule has 2 aromatic rings. The molecule has 92 valence electrons. The molecule has 0 aliphatic rings. The summed E-state index contributed by atoms with van der Waals surface area (Å²) in [5, 5.41) is 8.65. The van der Waals surface area contributed by atoms with Crippen molar-refractivity contribution in [3.05, 3.63) is 34.5 Å². The topological polar surface area (TPSA) is 135 Å². The van der Waals surface area contributed by atoms with E-state index in [9.17, 15) is 9.59 Å². The van der Waals surface area contributed by atoms with Crippen LogP contribution >= 0.6 is 0 Å². The summed E-state index contributed by atoms with van der Waals surface area (Å²) in [6, 6.07) is 1.55. The number of nitrogen functional groups attached to an aromatic ring is 1. The molecule has 0 bridgehead atoms. The fourth-order valence-electron chi connectivity index (χ4n) is 1.39. The molecule has 0 spiro atoms. The molecule has 0 atom stereocenters. The Hall–Kier alpha value is -2.77. The van der Waals surface area contributed by atoms with E-state index in [4.69, 9.17) is 10.8 Å². The van der Waals surface area contributed by atoms with E-state index in [1.54, 1.807) is 6.07 Å². The lowest BCUT2D eigenvalue weighted by Gasteiger charge is -2.04. The molecule has 0 amide bonds. The average Bonchev–Trinajstić information content (AvgIpc) is 2.34. The van der Waals surface area contributed by atoms with Crippen molar-refractivity contribution in [3.63, 3.8) is 0 Å². The second kappa shape index (κ2) is 4.62. The van der Waals surface area contributed by atoms with Crippen LogP contribution in [0.25, 0.3) is 11.5 Å². The number of aromatic nitrogens is 4. The summed E-state index contributed by atoms with van der Waals surface area (Å²) in [5.74, 6) is -1.09. The van der Waals surface area contributed by atoms with Gasteiger partial charge in [0, 0.05) is 6.20 Å². The highest BCUT2D eigenvalue weighted by Crippen LogP contribution is 2.12. The number of rotatable bonds is 3. The van der Waals surface area contributed by atoms with Crippen LogP contribution in [0, 0.1) is 0 Å². The maximum atomic E-state index is 11.7. The van der Waals surface area contributed by atoms with Crippen LogP contribution in [0.1, 0.15) is 5.56 Å². The molecule has 0 aromatic carbocycles. The van der Waals surface area contributed by atoms with Gasteiger partial charge in [-0.3, -0.25) is 9.59 Å². The van der Waals surface area contributed by atoms with E-state index in [-0.39, 0.29) is 17.2 Å². The maximum Gasteiger partial charge on any atom is 0.308 e. The highest BCUT2D eigenvalue weighted by Gasteiger charge is 2.13. The normalized spacial score (nSPS) is 10.2. The van der Waals surface area contributed by atoms with Crippen molar-refractivity contribution in [3.8, 4) is 11.5 Å². The molecule has 0 saturated heterocycles. The fraction of sp³-hybridized carbons (Fsp3) is 0.100. The number of carboxylic acids is 1. The number of nitrogens with zero attached hydrogens (tertiary/aromatic N) is 3. The number of carbonyl (C=O) groups is 1. The predicted molar refractivity (Wildman–Crippen MR) is 61.6 cm³/mol. The third-order valence-electron chi connectivity index (χ3n) is 2.20. The molecule has 0 unspecified atom stereocenters. The van der Waals surface area contributed by atoms with Gasteiger partial charge < -0.3 is 15.8 Å². The van der Waals surface area contributed by atoms with Crippen LogP contribution < -0.4 is 11.3 Å². The lowest BCUT2D eigenvalue weighted by molar-refractivity contribution is -0.136. The molecule has 18 heavy (non-hydrogen) atoms. The quantitative estimate of drug-likeness (QED) is 0.661. The first-order valence-corrected chi connectivity index (χ1v) is 4.95. The SMILES string of the molecule is Nc1nc(-c2ccncn2)[nH]c(=O)c1CC(=O)O. The van der Waals surface area contributed by atoms with Gasteiger partial charge in [-0.1, -0.05) is 0 Å². The van der Waals surface area contributed by atoms with Crippen LogP contribution in [-0.4, -0.2) is 31.0 Å². The Balaban J connectivity index is 2.49. The Labute approximate surface area is 101 Å². The number of nitrogens with two attached hydrogens (primary N) is 1. The standard InChI is InChI=1S/C10H9N5O3/c11-8-5(3-7(16)17)10(18)15-9(14-8)6-1-2-12-4-13-6/h1-2,4H,3H2,(H,16,17)(H3,11,14,15,18). The van der Waals surface area contributed by atoms with Crippen molar-refractivity contribution in [2.24, 2.45) is 0 Å². The minimum Gasteiger partial charge on any atom is -0.481 e. The summed E-state index contributed by atoms with van der Waals surface area (Å²) in [5.41, 5.74) is 5.31. The Bertz CT molecular complexity index is 638. The van der Waals surface area contributed by atoms with Gasteiger partial charge in [0.2, 0.25) is 0 Å². The third-order valence-corrected chi connectivity index (χ3v) is 2.20. The minimum atomic E-state index is -1.15. The molecule has 8 nitrogen and oxygen atoms in total. The summed E-state index contributed by atoms with van der Waals surface area (Å²) >= 11 is 0. The van der Waals surface area contributed by atoms with E-state index in [0.29, 0.717) is 5.69 Å². The molecule has 0 aliphatic carbocycles. The van der Waals surface area contributed by atoms with Gasteiger partial charge >= 0.3 is 5.97 Å². The zero-order chi connectivity index (χ0) is 13.1. The van der Waals surface area contributed by atoms with Crippen molar-refractivity contribution < 1.29 is 9.90 Å². The first kappa shape index (κ1) is 11.7. The van der Waals surface area contributed by atoms with Gasteiger partial charge in [-0.05, 0) is 6.07 Å². The number of carboxylic acid groups (broad SMARTS) is 1. The van der Waals surface area contributed by atoms with Gasteiger partial charge in [0.25, 0.3) is 5.56 Å². The molecule has 4 N–H and O–H groups in total. The molecule has 8 heteroatoms. The van der Waals surface area contributed by atoms with E-state index in [1.807, 2.05) is 0 Å². The second-order valence-electron chi connectivity index (χ2n) is 3.44. The van der Waals surface area contributed by atoms with Gasteiger partial charge in [0.1, 0.15) is 17.8 Å². The van der Waals surface area contributed by atoms with Crippen LogP contribution in [0.4, 0.5) is 5.82 Å². The number of hydrogen-bond acceptors (Lipinski definition) is 6. The number of aromatic amines is 1. The first-order chi connectivity index (χ1) is 8.58. The van der Waals surface area contributed by atoms with E-state index < -0.39 is 17.9 Å². The van der Waals surface area contributed by atoms with Crippen molar-refractivity contribution in [2.45, 2.75) is 6.42 Å². The first-order valence-electron chi connectivity index (χ1n) is 4.95. The van der Waals surface area contributed by atoms with E-state index in [2.05, 4.69) is 19.9 Å². The largest absolute Gasteiger partial charge is 0.481 e. The van der Waals surface area contributed by atoms with Crippen LogP contribution in [0.5, 0.6) is 0 Å². The molecule has 0 saturated carbocycles. The van der Waals surface area contributed by atoms with Gasteiger partial charge in [0.05, 0.1) is 12.0 Å². The lowest BCUT2D eigenvalue weighted by atomic mass is 10.2. The van der Waals surface area contributed by atoms with E-state index >= 15 is 0 Å². The number of H-pyrrole nitrogens is 1. The molecule has 2 aromatic heterocycles. The Morgan fingerprint density at radius 1 is 1.50 bits per heavy atom. The Morgan fingerprint density at radius 2 is 2.28 bits per heavy atom. The summed E-state index contributed by atoms with van der Waals surface area (Å²) in [6.07, 6.45) is 2.32. The van der Waals surface area contributed by atoms with Crippen LogP contribution in [0.3, 0.4) is 0 Å². The number of hydrogen-bond donors (Lipinski definition) is 3. The maximum absolute atomic E-state index is 11.7. The summed E-state index contributed by atoms with van der Waals surface area (Å²) in [4.78, 5) is 36.3. The zero-order valence-corrected chi connectivity index (χ0v) is 9.12. The average molecular weight is 247 g/mol. The fourth-order valence-corrected chi connectivity index (χ4v) is 1.39. The molecule has 2 heterocycles. The molecule has 0 fully saturated rings. The third kappa shape index (κ3) is 2.32. The van der Waals surface area contributed by atoms with Crippen molar-refractivity contribution in [1.29, 1.82) is 0 Å². The molecular weight excluding hydrogens is 238 g/mol. The van der Waals surface area contributed by atoms with Crippen molar-refractivity contribution in [2.75, 3.05) is 5.73 Å². The lowest BCUT2D eigenvalue weighted by Crippen LogP contribution is -2.21. The molecule has 0 aliphatic heterocycles. The predicted octanol–water partition coefficient (Wildman–Crippen LogP) is -0.564. The number of aliphatic carboxylic acids is 1. The van der Waals surface area contributed by atoms with Gasteiger partial charge in [-0.2, -0.15) is 0 Å². The minimum absolute atomic E-state index is 0.0692. The van der Waals surface area contributed by atoms with Crippen molar-refractivity contribution >= 4 is 11.8 Å². The zero-order valence-electron chi connectivity index (χ0n) is 9.12. The van der Waals surface area contributed by atoms with E-state index in [1.165, 1.54) is 12.5 Å². The van der Waals surface area contributed by atoms with Gasteiger partial charge in [-0.25, -0.2) is 15.0 Å². The van der Waals surface area contributed by atoms with E-state index in [0.717, 1.165) is 0 Å². The highest BCUT2D eigenvalue weighted by molar-refractivity contribution is 5.72. The van der Waals surface area contributed by atoms with Crippen LogP contribution in [0.2, 0.25) is 0 Å². The molecule has 0 radical (unpaired) electrons. The summed E-state index contributed by atoms with van der Waals surface area (Å²) in [7, 11) is 0. The molecular formula is C10H9N5O3. The smallest absolute Gasteiger partial charge is 0.308 e. The summed E-state index contributed by atoms with van der Waals surface area (Å²) < 4.78 is 0. The number of nitrogens with one attached hydrogen (secondary N) is 1. The van der Waals surface area contributed by atoms with Crippen LogP contribution in [-0.2, 0) is 11.2 Å². The Morgan fingerprint density at radius 3 is 2.83 bits per heavy atom. The highest BCUT2D eigenvalue weighted by atomic mass is 16.4. The summed E-state index contributed by atoms with van der Waals surface area (Å²) in [6.45, 7) is 0. The second-order valence-corrected chi connectivity index (χ2v) is 3.44.